The number of rotatable bonds is 13. The van der Waals surface area contributed by atoms with E-state index in [2.05, 4.69) is 303 Å². The van der Waals surface area contributed by atoms with E-state index in [9.17, 15) is 0 Å². The molecule has 1 atom stereocenters. The van der Waals surface area contributed by atoms with E-state index in [-0.39, 0.29) is 0 Å². The number of fused-ring (bicyclic) bond motifs is 7. The lowest BCUT2D eigenvalue weighted by molar-refractivity contribution is 0.624. The molecular weight excluding hydrogens is 1010 g/mol. The van der Waals surface area contributed by atoms with Crippen LogP contribution in [0.25, 0.3) is 95.3 Å². The van der Waals surface area contributed by atoms with Gasteiger partial charge in [0.2, 0.25) is 0 Å². The van der Waals surface area contributed by atoms with Gasteiger partial charge < -0.3 is 9.47 Å². The fourth-order valence-corrected chi connectivity index (χ4v) is 13.7. The highest BCUT2D eigenvalue weighted by molar-refractivity contribution is 6.12. The van der Waals surface area contributed by atoms with Gasteiger partial charge in [-0.25, -0.2) is 0 Å². The van der Waals surface area contributed by atoms with Crippen LogP contribution >= 0.6 is 0 Å². The molecule has 0 bridgehead atoms. The molecule has 0 radical (unpaired) electrons. The highest BCUT2D eigenvalue weighted by atomic mass is 15.1. The van der Waals surface area contributed by atoms with Gasteiger partial charge in [-0.05, 0) is 212 Å². The van der Waals surface area contributed by atoms with E-state index in [0.29, 0.717) is 0 Å². The normalized spacial score (nSPS) is 13.9. The first kappa shape index (κ1) is 50.7. The summed E-state index contributed by atoms with van der Waals surface area (Å²) >= 11 is 0. The van der Waals surface area contributed by atoms with E-state index >= 15 is 0 Å². The van der Waals surface area contributed by atoms with Gasteiger partial charge in [-0.2, -0.15) is 0 Å². The van der Waals surface area contributed by atoms with Crippen LogP contribution in [0, 0.1) is 13.8 Å². The first-order valence-corrected chi connectivity index (χ1v) is 29.4. The van der Waals surface area contributed by atoms with E-state index < -0.39 is 5.41 Å². The van der Waals surface area contributed by atoms with Crippen molar-refractivity contribution in [3.8, 4) is 61.3 Å². The zero-order valence-electron chi connectivity index (χ0n) is 47.5. The molecule has 84 heavy (non-hydrogen) atoms. The number of aryl methyl sites for hydroxylation is 4. The maximum Gasteiger partial charge on any atom is 0.0541 e. The summed E-state index contributed by atoms with van der Waals surface area (Å²) in [6.07, 6.45) is 6.96. The second-order valence-electron chi connectivity index (χ2n) is 23.1. The van der Waals surface area contributed by atoms with Gasteiger partial charge in [-0.1, -0.05) is 225 Å². The largest absolute Gasteiger partial charge is 0.310 e. The zero-order valence-corrected chi connectivity index (χ0v) is 47.5. The number of anilines is 3. The highest BCUT2D eigenvalue weighted by Gasteiger charge is 2.46. The Hall–Kier alpha value is -10.3. The standard InChI is InChI=1S/C82H62N2/c1-5-56-18-20-58(21-19-56)53-82(78-48-54(3)16-17-55(78)4)77-15-11-10-14-73(77)74-45-44-72(52-79(74)82)83(69-38-30-61(31-39-69)59-12-8-7-9-13-59)70-40-34-64(35-41-70)67-36-46-80-75(50-67)76-51-68(66-29-27-63-26-28-65(63)49-66)37-47-81(76)84(80)71-42-32-62(33-43-71)60-24-22-57(6-2)23-25-60/h5-25,27,29-52H,1-2,26,28,53H2,3-4H3. The third-order valence-electron chi connectivity index (χ3n) is 18.2. The number of hydrogen-bond donors (Lipinski definition) is 0. The maximum absolute atomic E-state index is 4.08. The molecule has 0 saturated heterocycles. The second kappa shape index (κ2) is 20.6. The van der Waals surface area contributed by atoms with Crippen molar-refractivity contribution in [3.63, 3.8) is 0 Å². The van der Waals surface area contributed by atoms with Gasteiger partial charge >= 0.3 is 0 Å². The zero-order chi connectivity index (χ0) is 56.5. The SMILES string of the molecule is C=Cc1ccc(CC2(c3cc(C)ccc3C)c3ccccc3-c3ccc(N(c4ccc(-c5ccccc5)cc4)c4ccc(-c5ccc6c(c5)c5cc(-c7ccc8c(c7)CC8)ccc5n6-c5ccc(-c6ccc(C=C)cc6)cc5)cc4)cc32)cc1. The van der Waals surface area contributed by atoms with E-state index in [1.807, 2.05) is 12.2 Å². The van der Waals surface area contributed by atoms with Crippen molar-refractivity contribution < 1.29 is 0 Å². The summed E-state index contributed by atoms with van der Waals surface area (Å²) in [5.41, 5.74) is 31.5. The molecule has 0 fully saturated rings. The van der Waals surface area contributed by atoms with Crippen LogP contribution in [-0.4, -0.2) is 4.57 Å². The number of nitrogens with zero attached hydrogens (tertiary/aromatic N) is 2. The summed E-state index contributed by atoms with van der Waals surface area (Å²) in [6.45, 7) is 12.5. The maximum atomic E-state index is 4.08. The molecule has 2 nitrogen and oxygen atoms in total. The Morgan fingerprint density at radius 1 is 0.393 bits per heavy atom. The molecule has 13 aromatic rings. The van der Waals surface area contributed by atoms with Crippen LogP contribution in [0.3, 0.4) is 0 Å². The van der Waals surface area contributed by atoms with Gasteiger partial charge in [0.1, 0.15) is 0 Å². The Morgan fingerprint density at radius 3 is 1.51 bits per heavy atom. The van der Waals surface area contributed by atoms with Gasteiger partial charge in [0.05, 0.1) is 16.4 Å². The monoisotopic (exact) mass is 1070 g/mol. The quantitative estimate of drug-likeness (QED) is 0.112. The molecule has 1 unspecified atom stereocenters. The van der Waals surface area contributed by atoms with Gasteiger partial charge in [0.15, 0.2) is 0 Å². The van der Waals surface area contributed by atoms with Crippen molar-refractivity contribution in [1.82, 2.24) is 4.57 Å². The lowest BCUT2D eigenvalue weighted by atomic mass is 9.67. The molecule has 2 aliphatic carbocycles. The average Bonchev–Trinajstić information content (AvgIpc) is 1.75. The number of hydrogen-bond acceptors (Lipinski definition) is 1. The second-order valence-corrected chi connectivity index (χ2v) is 23.1. The van der Waals surface area contributed by atoms with Crippen molar-refractivity contribution in [1.29, 1.82) is 0 Å². The van der Waals surface area contributed by atoms with Crippen LogP contribution in [-0.2, 0) is 24.7 Å². The Kier molecular flexibility index (Phi) is 12.4. The fraction of sp³-hybridized carbons (Fsp3) is 0.0732. The minimum absolute atomic E-state index is 0.466. The summed E-state index contributed by atoms with van der Waals surface area (Å²) in [5, 5.41) is 2.46. The van der Waals surface area contributed by atoms with Crippen LogP contribution < -0.4 is 4.90 Å². The van der Waals surface area contributed by atoms with Crippen molar-refractivity contribution in [2.45, 2.75) is 38.5 Å². The Balaban J connectivity index is 0.862. The number of benzene rings is 12. The predicted octanol–water partition coefficient (Wildman–Crippen LogP) is 21.5. The molecule has 2 aliphatic rings. The van der Waals surface area contributed by atoms with Crippen molar-refractivity contribution in [2.75, 3.05) is 4.90 Å². The van der Waals surface area contributed by atoms with Crippen LogP contribution in [0.5, 0.6) is 0 Å². The van der Waals surface area contributed by atoms with Crippen molar-refractivity contribution >= 4 is 51.0 Å². The lowest BCUT2D eigenvalue weighted by Gasteiger charge is -2.36. The van der Waals surface area contributed by atoms with E-state index in [1.54, 1.807) is 0 Å². The summed E-state index contributed by atoms with van der Waals surface area (Å²) in [4.78, 5) is 2.45. The molecular formula is C82H62N2. The average molecular weight is 1080 g/mol. The Morgan fingerprint density at radius 2 is 0.893 bits per heavy atom. The van der Waals surface area contributed by atoms with Gasteiger partial charge in [-0.15, -0.1) is 0 Å². The molecule has 1 aromatic heterocycles. The molecule has 2 heteroatoms. The molecule has 12 aromatic carbocycles. The van der Waals surface area contributed by atoms with Gasteiger partial charge in [0, 0.05) is 33.5 Å². The third kappa shape index (κ3) is 8.64. The molecule has 400 valence electrons. The molecule has 15 rings (SSSR count). The van der Waals surface area contributed by atoms with E-state index in [0.717, 1.165) is 52.3 Å². The first-order chi connectivity index (χ1) is 41.3. The van der Waals surface area contributed by atoms with E-state index in [4.69, 9.17) is 0 Å². The molecule has 1 heterocycles. The summed E-state index contributed by atoms with van der Waals surface area (Å²) in [6, 6.07) is 100. The topological polar surface area (TPSA) is 8.17 Å². The fourth-order valence-electron chi connectivity index (χ4n) is 13.7. The lowest BCUT2D eigenvalue weighted by Crippen LogP contribution is -2.31. The van der Waals surface area contributed by atoms with Crippen molar-refractivity contribution in [2.24, 2.45) is 0 Å². The summed E-state index contributed by atoms with van der Waals surface area (Å²) < 4.78 is 2.44. The molecule has 0 amide bonds. The minimum Gasteiger partial charge on any atom is -0.310 e. The molecule has 0 N–H and O–H groups in total. The van der Waals surface area contributed by atoms with E-state index in [1.165, 1.54) is 123 Å². The van der Waals surface area contributed by atoms with Crippen LogP contribution in [0.1, 0.15) is 55.6 Å². The minimum atomic E-state index is -0.466. The predicted molar refractivity (Wildman–Crippen MR) is 356 cm³/mol. The molecule has 0 spiro atoms. The van der Waals surface area contributed by atoms with Crippen molar-refractivity contribution in [3.05, 3.63) is 336 Å². The van der Waals surface area contributed by atoms with Crippen LogP contribution in [0.4, 0.5) is 17.1 Å². The Bertz CT molecular complexity index is 4690. The molecule has 0 saturated carbocycles. The first-order valence-electron chi connectivity index (χ1n) is 29.4. The molecule has 0 aliphatic heterocycles. The van der Waals surface area contributed by atoms with Crippen LogP contribution in [0.2, 0.25) is 0 Å². The summed E-state index contributed by atoms with van der Waals surface area (Å²) in [5.74, 6) is 0. The number of aromatic nitrogens is 1. The van der Waals surface area contributed by atoms with Gasteiger partial charge in [0.25, 0.3) is 0 Å². The third-order valence-corrected chi connectivity index (χ3v) is 18.2. The Labute approximate surface area is 493 Å². The highest BCUT2D eigenvalue weighted by Crippen LogP contribution is 2.56. The van der Waals surface area contributed by atoms with Gasteiger partial charge in [-0.3, -0.25) is 0 Å². The van der Waals surface area contributed by atoms with Crippen LogP contribution in [0.15, 0.2) is 280 Å². The summed E-state index contributed by atoms with van der Waals surface area (Å²) in [7, 11) is 0. The smallest absolute Gasteiger partial charge is 0.0541 e.